The smallest absolute Gasteiger partial charge is 0.129 e. The van der Waals surface area contributed by atoms with Gasteiger partial charge < -0.3 is 19.2 Å². The van der Waals surface area contributed by atoms with Crippen LogP contribution in [0.25, 0.3) is 0 Å². The van der Waals surface area contributed by atoms with E-state index in [0.717, 1.165) is 31.7 Å². The van der Waals surface area contributed by atoms with Crippen LogP contribution in [0.4, 0.5) is 0 Å². The maximum absolute atomic E-state index is 5.93. The summed E-state index contributed by atoms with van der Waals surface area (Å²) in [5, 5.41) is 3.28. The molecule has 1 aliphatic heterocycles. The van der Waals surface area contributed by atoms with E-state index in [0.29, 0.717) is 6.61 Å². The Morgan fingerprint density at radius 3 is 2.74 bits per heavy atom. The van der Waals surface area contributed by atoms with Gasteiger partial charge in [-0.15, -0.1) is 0 Å². The fourth-order valence-corrected chi connectivity index (χ4v) is 2.54. The first-order valence-electron chi connectivity index (χ1n) is 7.21. The number of furan rings is 1. The highest BCUT2D eigenvalue weighted by Crippen LogP contribution is 2.22. The predicted molar refractivity (Wildman–Crippen MR) is 73.9 cm³/mol. The van der Waals surface area contributed by atoms with Crippen molar-refractivity contribution in [3.8, 4) is 0 Å². The normalized spacial score (nSPS) is 27.6. The van der Waals surface area contributed by atoms with Gasteiger partial charge in [0.05, 0.1) is 24.6 Å². The minimum Gasteiger partial charge on any atom is -0.467 e. The number of nitrogens with one attached hydrogen (secondary N) is 1. The van der Waals surface area contributed by atoms with E-state index in [9.17, 15) is 0 Å². The molecule has 4 heteroatoms. The molecule has 2 rings (SSSR count). The summed E-state index contributed by atoms with van der Waals surface area (Å²) in [5.41, 5.74) is 1.18. The van der Waals surface area contributed by atoms with E-state index < -0.39 is 0 Å². The van der Waals surface area contributed by atoms with Crippen molar-refractivity contribution in [2.75, 3.05) is 6.54 Å². The van der Waals surface area contributed by atoms with E-state index >= 15 is 0 Å². The molecule has 1 aromatic heterocycles. The Morgan fingerprint density at radius 2 is 2.05 bits per heavy atom. The predicted octanol–water partition coefficient (Wildman–Crippen LogP) is 2.86. The molecule has 0 bridgehead atoms. The summed E-state index contributed by atoms with van der Waals surface area (Å²) in [6, 6.07) is 2.06. The van der Waals surface area contributed by atoms with Crippen molar-refractivity contribution in [1.82, 2.24) is 5.32 Å². The summed E-state index contributed by atoms with van der Waals surface area (Å²) in [4.78, 5) is 0. The highest BCUT2D eigenvalue weighted by molar-refractivity contribution is 5.12. The summed E-state index contributed by atoms with van der Waals surface area (Å²) < 4.78 is 17.1. The maximum Gasteiger partial charge on any atom is 0.129 e. The van der Waals surface area contributed by atoms with Crippen molar-refractivity contribution in [1.29, 1.82) is 0 Å². The van der Waals surface area contributed by atoms with Crippen LogP contribution in [0.3, 0.4) is 0 Å². The van der Waals surface area contributed by atoms with Gasteiger partial charge in [0.25, 0.3) is 0 Å². The highest BCUT2D eigenvalue weighted by Gasteiger charge is 2.25. The van der Waals surface area contributed by atoms with Gasteiger partial charge in [0, 0.05) is 12.1 Å². The van der Waals surface area contributed by atoms with Gasteiger partial charge in [-0.2, -0.15) is 0 Å². The van der Waals surface area contributed by atoms with E-state index in [-0.39, 0.29) is 18.3 Å². The van der Waals surface area contributed by atoms with Gasteiger partial charge in [-0.25, -0.2) is 0 Å². The van der Waals surface area contributed by atoms with Crippen molar-refractivity contribution in [3.63, 3.8) is 0 Å². The minimum atomic E-state index is 0.279. The number of hydrogen-bond donors (Lipinski definition) is 1. The second-order valence-electron chi connectivity index (χ2n) is 5.36. The van der Waals surface area contributed by atoms with Crippen LogP contribution >= 0.6 is 0 Å². The van der Waals surface area contributed by atoms with Gasteiger partial charge in [-0.1, -0.05) is 6.92 Å². The topological polar surface area (TPSA) is 43.6 Å². The Morgan fingerprint density at radius 1 is 1.32 bits per heavy atom. The fourth-order valence-electron chi connectivity index (χ4n) is 2.54. The molecule has 0 aliphatic carbocycles. The Labute approximate surface area is 115 Å². The van der Waals surface area contributed by atoms with Crippen molar-refractivity contribution in [2.45, 2.75) is 65.1 Å². The monoisotopic (exact) mass is 267 g/mol. The van der Waals surface area contributed by atoms with Crippen LogP contribution in [-0.2, 0) is 22.6 Å². The van der Waals surface area contributed by atoms with Crippen molar-refractivity contribution in [2.24, 2.45) is 0 Å². The molecule has 19 heavy (non-hydrogen) atoms. The molecular weight excluding hydrogens is 242 g/mol. The van der Waals surface area contributed by atoms with Crippen LogP contribution in [0, 0.1) is 0 Å². The Kier molecular flexibility index (Phi) is 5.43. The number of rotatable bonds is 6. The molecule has 0 radical (unpaired) electrons. The zero-order valence-electron chi connectivity index (χ0n) is 12.1. The molecule has 1 aromatic rings. The molecule has 1 fully saturated rings. The molecule has 2 unspecified atom stereocenters. The molecule has 2 heterocycles. The Balaban J connectivity index is 1.76. The highest BCUT2D eigenvalue weighted by atomic mass is 16.5. The SMILES string of the molecule is CCNCc1coc(COC2CC(C)OC(C)C2)c1. The zero-order chi connectivity index (χ0) is 13.7. The first-order valence-corrected chi connectivity index (χ1v) is 7.21. The second kappa shape index (κ2) is 7.08. The Bertz CT molecular complexity index is 367. The van der Waals surface area contributed by atoms with E-state index in [1.165, 1.54) is 5.56 Å². The second-order valence-corrected chi connectivity index (χ2v) is 5.36. The lowest BCUT2D eigenvalue weighted by Crippen LogP contribution is -2.33. The third-order valence-corrected chi connectivity index (χ3v) is 3.40. The maximum atomic E-state index is 5.93. The minimum absolute atomic E-state index is 0.279. The molecule has 1 saturated heterocycles. The summed E-state index contributed by atoms with van der Waals surface area (Å²) in [5.74, 6) is 0.903. The van der Waals surface area contributed by atoms with Gasteiger partial charge in [0.1, 0.15) is 12.4 Å². The van der Waals surface area contributed by atoms with Gasteiger partial charge in [0.2, 0.25) is 0 Å². The van der Waals surface area contributed by atoms with Crippen LogP contribution in [0.1, 0.15) is 44.9 Å². The van der Waals surface area contributed by atoms with Crippen molar-refractivity contribution >= 4 is 0 Å². The summed E-state index contributed by atoms with van der Waals surface area (Å²) in [6.45, 7) is 8.68. The van der Waals surface area contributed by atoms with Crippen LogP contribution in [0.15, 0.2) is 16.7 Å². The van der Waals surface area contributed by atoms with E-state index in [2.05, 4.69) is 32.2 Å². The van der Waals surface area contributed by atoms with Gasteiger partial charge in [-0.05, 0) is 39.3 Å². The first kappa shape index (κ1) is 14.6. The van der Waals surface area contributed by atoms with Gasteiger partial charge in [0.15, 0.2) is 0 Å². The lowest BCUT2D eigenvalue weighted by molar-refractivity contribution is -0.108. The summed E-state index contributed by atoms with van der Waals surface area (Å²) in [6.07, 6.45) is 4.59. The molecule has 0 aromatic carbocycles. The lowest BCUT2D eigenvalue weighted by Gasteiger charge is -2.31. The Hall–Kier alpha value is -0.840. The zero-order valence-corrected chi connectivity index (χ0v) is 12.1. The summed E-state index contributed by atoms with van der Waals surface area (Å²) in [7, 11) is 0. The average Bonchev–Trinajstić information content (AvgIpc) is 2.81. The molecule has 1 aliphatic rings. The molecule has 0 spiro atoms. The molecule has 108 valence electrons. The quantitative estimate of drug-likeness (QED) is 0.860. The molecule has 0 amide bonds. The van der Waals surface area contributed by atoms with E-state index in [4.69, 9.17) is 13.9 Å². The summed E-state index contributed by atoms with van der Waals surface area (Å²) >= 11 is 0. The van der Waals surface area contributed by atoms with Crippen LogP contribution < -0.4 is 5.32 Å². The lowest BCUT2D eigenvalue weighted by atomic mass is 10.0. The largest absolute Gasteiger partial charge is 0.467 e. The molecule has 0 saturated carbocycles. The van der Waals surface area contributed by atoms with E-state index in [1.54, 1.807) is 6.26 Å². The molecular formula is C15H25NO3. The van der Waals surface area contributed by atoms with Crippen molar-refractivity contribution < 1.29 is 13.9 Å². The number of ether oxygens (including phenoxy) is 2. The fraction of sp³-hybridized carbons (Fsp3) is 0.733. The standard InChI is InChI=1S/C15H25NO3/c1-4-16-8-13-7-15(17-9-13)10-18-14-5-11(2)19-12(3)6-14/h7,9,11-12,14,16H,4-6,8,10H2,1-3H3. The number of hydrogen-bond acceptors (Lipinski definition) is 4. The first-order chi connectivity index (χ1) is 9.17. The van der Waals surface area contributed by atoms with Gasteiger partial charge in [-0.3, -0.25) is 0 Å². The molecule has 1 N–H and O–H groups in total. The van der Waals surface area contributed by atoms with E-state index in [1.807, 2.05) is 0 Å². The van der Waals surface area contributed by atoms with Crippen molar-refractivity contribution in [3.05, 3.63) is 23.7 Å². The van der Waals surface area contributed by atoms with Crippen LogP contribution in [0.2, 0.25) is 0 Å². The third-order valence-electron chi connectivity index (χ3n) is 3.40. The third kappa shape index (κ3) is 4.64. The molecule has 2 atom stereocenters. The average molecular weight is 267 g/mol. The van der Waals surface area contributed by atoms with Crippen LogP contribution in [0.5, 0.6) is 0 Å². The van der Waals surface area contributed by atoms with Gasteiger partial charge >= 0.3 is 0 Å². The van der Waals surface area contributed by atoms with Crippen LogP contribution in [-0.4, -0.2) is 24.9 Å². The molecule has 4 nitrogen and oxygen atoms in total.